The molecule has 162 valence electrons. The van der Waals surface area contributed by atoms with Crippen molar-refractivity contribution < 1.29 is 13.2 Å². The van der Waals surface area contributed by atoms with Crippen LogP contribution in [0.2, 0.25) is 0 Å². The van der Waals surface area contributed by atoms with Crippen LogP contribution >= 0.6 is 0 Å². The molecule has 2 saturated heterocycles. The molecule has 0 aliphatic carbocycles. The van der Waals surface area contributed by atoms with Crippen LogP contribution in [-0.4, -0.2) is 83.6 Å². The highest BCUT2D eigenvalue weighted by molar-refractivity contribution is 7.88. The Balaban J connectivity index is 1.36. The van der Waals surface area contributed by atoms with Gasteiger partial charge in [-0.2, -0.15) is 0 Å². The smallest absolute Gasteiger partial charge is 0.225 e. The zero-order chi connectivity index (χ0) is 21.3. The summed E-state index contributed by atoms with van der Waals surface area (Å²) < 4.78 is 26.8. The summed E-state index contributed by atoms with van der Waals surface area (Å²) in [6.45, 7) is 5.47. The minimum Gasteiger partial charge on any atom is -0.353 e. The van der Waals surface area contributed by atoms with Gasteiger partial charge in [0.2, 0.25) is 15.9 Å². The number of aromatic nitrogens is 3. The maximum Gasteiger partial charge on any atom is 0.225 e. The van der Waals surface area contributed by atoms with E-state index in [1.54, 1.807) is 0 Å². The zero-order valence-corrected chi connectivity index (χ0v) is 18.3. The summed E-state index contributed by atoms with van der Waals surface area (Å²) in [5, 5.41) is 0. The fourth-order valence-electron chi connectivity index (χ4n) is 4.17. The molecule has 0 saturated carbocycles. The lowest BCUT2D eigenvalue weighted by molar-refractivity contribution is -0.137. The summed E-state index contributed by atoms with van der Waals surface area (Å²) in [7, 11) is -3.17. The van der Waals surface area contributed by atoms with E-state index in [-0.39, 0.29) is 11.8 Å². The topological polar surface area (TPSA) is 91.6 Å². The summed E-state index contributed by atoms with van der Waals surface area (Å²) in [5.41, 5.74) is 0. The van der Waals surface area contributed by atoms with Crippen molar-refractivity contribution in [1.29, 1.82) is 0 Å². The van der Waals surface area contributed by atoms with E-state index in [2.05, 4.69) is 14.9 Å². The molecule has 30 heavy (non-hydrogen) atoms. The van der Waals surface area contributed by atoms with Gasteiger partial charge in [0, 0.05) is 63.6 Å². The fraction of sp³-hybridized carbons (Fsp3) is 0.550. The number of carbonyl (C=O) groups excluding carboxylic acids is 1. The molecule has 0 atom stereocenters. The Kier molecular flexibility index (Phi) is 5.79. The summed E-state index contributed by atoms with van der Waals surface area (Å²) in [4.78, 5) is 26.1. The molecule has 0 unspecified atom stereocenters. The second-order valence-electron chi connectivity index (χ2n) is 7.97. The Bertz CT molecular complexity index is 992. The van der Waals surface area contributed by atoms with Crippen LogP contribution in [0.5, 0.6) is 0 Å². The minimum absolute atomic E-state index is 0.0869. The molecular weight excluding hydrogens is 404 g/mol. The van der Waals surface area contributed by atoms with Crippen LogP contribution in [0.1, 0.15) is 18.7 Å². The molecule has 4 heterocycles. The van der Waals surface area contributed by atoms with Crippen molar-refractivity contribution in [2.45, 2.75) is 19.8 Å². The first-order valence-electron chi connectivity index (χ1n) is 10.3. The van der Waals surface area contributed by atoms with Crippen LogP contribution in [0, 0.1) is 12.8 Å². The van der Waals surface area contributed by atoms with E-state index < -0.39 is 10.0 Å². The van der Waals surface area contributed by atoms with Crippen LogP contribution in [-0.2, 0) is 14.8 Å². The van der Waals surface area contributed by atoms with E-state index in [4.69, 9.17) is 0 Å². The third-order valence-electron chi connectivity index (χ3n) is 5.87. The molecule has 2 aliphatic heterocycles. The SMILES string of the molecule is Cc1nc(N2CCN(C(=O)C3CCN(S(C)(=O)=O)CC3)CC2)cc(-n2cccc2)n1. The van der Waals surface area contributed by atoms with Gasteiger partial charge in [0.1, 0.15) is 17.5 Å². The van der Waals surface area contributed by atoms with E-state index in [0.29, 0.717) is 44.8 Å². The van der Waals surface area contributed by atoms with Gasteiger partial charge >= 0.3 is 0 Å². The molecule has 2 aromatic heterocycles. The minimum atomic E-state index is -3.17. The molecule has 2 aromatic rings. The number of rotatable bonds is 4. The highest BCUT2D eigenvalue weighted by Gasteiger charge is 2.32. The number of sulfonamides is 1. The number of piperazine rings is 1. The standard InChI is InChI=1S/C20H28N6O3S/c1-16-21-18(23-7-3-4-8-23)15-19(22-16)24-11-13-25(14-12-24)20(27)17-5-9-26(10-6-17)30(2,28)29/h3-4,7-8,15,17H,5-6,9-14H2,1-2H3. The fourth-order valence-corrected chi connectivity index (χ4v) is 5.04. The lowest BCUT2D eigenvalue weighted by Crippen LogP contribution is -2.52. The Morgan fingerprint density at radius 1 is 0.967 bits per heavy atom. The molecule has 4 rings (SSSR count). The number of hydrogen-bond acceptors (Lipinski definition) is 6. The average Bonchev–Trinajstić information content (AvgIpc) is 3.27. The van der Waals surface area contributed by atoms with Gasteiger partial charge in [-0.15, -0.1) is 0 Å². The van der Waals surface area contributed by atoms with Crippen molar-refractivity contribution in [2.24, 2.45) is 5.92 Å². The van der Waals surface area contributed by atoms with Gasteiger partial charge < -0.3 is 14.4 Å². The molecule has 0 N–H and O–H groups in total. The Labute approximate surface area is 177 Å². The van der Waals surface area contributed by atoms with E-state index in [9.17, 15) is 13.2 Å². The van der Waals surface area contributed by atoms with Crippen LogP contribution < -0.4 is 4.90 Å². The van der Waals surface area contributed by atoms with Crippen molar-refractivity contribution in [3.8, 4) is 5.82 Å². The highest BCUT2D eigenvalue weighted by Crippen LogP contribution is 2.23. The average molecular weight is 433 g/mol. The van der Waals surface area contributed by atoms with Crippen molar-refractivity contribution >= 4 is 21.7 Å². The lowest BCUT2D eigenvalue weighted by Gasteiger charge is -2.38. The third-order valence-corrected chi connectivity index (χ3v) is 7.17. The normalized spacial score (nSPS) is 19.3. The van der Waals surface area contributed by atoms with Gasteiger partial charge in [-0.1, -0.05) is 0 Å². The van der Waals surface area contributed by atoms with Crippen LogP contribution in [0.25, 0.3) is 5.82 Å². The van der Waals surface area contributed by atoms with Crippen molar-refractivity contribution in [1.82, 2.24) is 23.7 Å². The van der Waals surface area contributed by atoms with Gasteiger partial charge in [0.15, 0.2) is 0 Å². The van der Waals surface area contributed by atoms with Crippen LogP contribution in [0.4, 0.5) is 5.82 Å². The van der Waals surface area contributed by atoms with Crippen LogP contribution in [0.15, 0.2) is 30.6 Å². The summed E-state index contributed by atoms with van der Waals surface area (Å²) in [6.07, 6.45) is 6.33. The molecule has 0 aromatic carbocycles. The molecule has 1 amide bonds. The number of nitrogens with zero attached hydrogens (tertiary/aromatic N) is 6. The molecule has 2 aliphatic rings. The Hall–Kier alpha value is -2.46. The van der Waals surface area contributed by atoms with Gasteiger partial charge in [-0.25, -0.2) is 22.7 Å². The summed E-state index contributed by atoms with van der Waals surface area (Å²) >= 11 is 0. The number of carbonyl (C=O) groups is 1. The largest absolute Gasteiger partial charge is 0.353 e. The number of anilines is 1. The molecule has 9 nitrogen and oxygen atoms in total. The van der Waals surface area contributed by atoms with Crippen molar-refractivity contribution in [3.05, 3.63) is 36.4 Å². The first-order chi connectivity index (χ1) is 14.3. The van der Waals surface area contributed by atoms with E-state index >= 15 is 0 Å². The summed E-state index contributed by atoms with van der Waals surface area (Å²) in [6, 6.07) is 5.90. The van der Waals surface area contributed by atoms with Gasteiger partial charge in [-0.05, 0) is 31.9 Å². The zero-order valence-electron chi connectivity index (χ0n) is 17.4. The summed E-state index contributed by atoms with van der Waals surface area (Å²) in [5.74, 6) is 2.48. The first kappa shape index (κ1) is 20.8. The van der Waals surface area contributed by atoms with Gasteiger partial charge in [-0.3, -0.25) is 4.79 Å². The second-order valence-corrected chi connectivity index (χ2v) is 9.95. The predicted octanol–water partition coefficient (Wildman–Crippen LogP) is 0.896. The van der Waals surface area contributed by atoms with Crippen LogP contribution in [0.3, 0.4) is 0 Å². The van der Waals surface area contributed by atoms with Crippen molar-refractivity contribution in [3.63, 3.8) is 0 Å². The molecule has 2 fully saturated rings. The molecule has 0 spiro atoms. The van der Waals surface area contributed by atoms with Crippen molar-refractivity contribution in [2.75, 3.05) is 50.4 Å². The third kappa shape index (κ3) is 4.49. The number of hydrogen-bond donors (Lipinski definition) is 0. The molecular formula is C20H28N6O3S. The number of aryl methyl sites for hydroxylation is 1. The van der Waals surface area contributed by atoms with Gasteiger partial charge in [0.05, 0.1) is 6.26 Å². The first-order valence-corrected chi connectivity index (χ1v) is 12.1. The number of amides is 1. The second kappa shape index (κ2) is 8.35. The highest BCUT2D eigenvalue weighted by atomic mass is 32.2. The van der Waals surface area contributed by atoms with E-state index in [1.807, 2.05) is 47.0 Å². The van der Waals surface area contributed by atoms with Gasteiger partial charge in [0.25, 0.3) is 0 Å². The Morgan fingerprint density at radius 3 is 2.17 bits per heavy atom. The lowest BCUT2D eigenvalue weighted by atomic mass is 9.96. The van der Waals surface area contributed by atoms with E-state index in [1.165, 1.54) is 10.6 Å². The molecule has 10 heteroatoms. The molecule has 0 radical (unpaired) electrons. The quantitative estimate of drug-likeness (QED) is 0.713. The maximum absolute atomic E-state index is 12.9. The Morgan fingerprint density at radius 2 is 1.57 bits per heavy atom. The molecule has 0 bridgehead atoms. The number of piperidine rings is 1. The monoisotopic (exact) mass is 432 g/mol. The maximum atomic E-state index is 12.9. The van der Waals surface area contributed by atoms with E-state index in [0.717, 1.165) is 24.7 Å². The predicted molar refractivity (Wildman–Crippen MR) is 114 cm³/mol.